The van der Waals surface area contributed by atoms with E-state index in [0.29, 0.717) is 12.5 Å². The van der Waals surface area contributed by atoms with Gasteiger partial charge in [0.1, 0.15) is 5.82 Å². The van der Waals surface area contributed by atoms with Gasteiger partial charge in [-0.15, -0.1) is 0 Å². The zero-order valence-electron chi connectivity index (χ0n) is 8.09. The minimum atomic E-state index is -0.0884. The first-order valence-electron chi connectivity index (χ1n) is 5.05. The van der Waals surface area contributed by atoms with Crippen LogP contribution in [0.3, 0.4) is 0 Å². The molecule has 1 unspecified atom stereocenters. The van der Waals surface area contributed by atoms with E-state index in [2.05, 4.69) is 5.32 Å². The van der Waals surface area contributed by atoms with Crippen LogP contribution in [0.25, 0.3) is 0 Å². The van der Waals surface area contributed by atoms with Crippen LogP contribution < -0.4 is 11.1 Å². The highest BCUT2D eigenvalue weighted by molar-refractivity contribution is 5.58. The molecule has 1 aliphatic rings. The summed E-state index contributed by atoms with van der Waals surface area (Å²) in [5, 5.41) is 3.22. The summed E-state index contributed by atoms with van der Waals surface area (Å²) in [5.41, 5.74) is 7.25. The topological polar surface area (TPSA) is 38.0 Å². The second-order valence-corrected chi connectivity index (χ2v) is 3.71. The number of benzene rings is 1. The zero-order chi connectivity index (χ0) is 9.97. The van der Waals surface area contributed by atoms with E-state index >= 15 is 0 Å². The minimum Gasteiger partial charge on any atom is -0.384 e. The third-order valence-electron chi connectivity index (χ3n) is 2.76. The van der Waals surface area contributed by atoms with Crippen molar-refractivity contribution in [1.82, 2.24) is 0 Å². The van der Waals surface area contributed by atoms with Gasteiger partial charge in [0.25, 0.3) is 0 Å². The summed E-state index contributed by atoms with van der Waals surface area (Å²) in [4.78, 5) is 0. The van der Waals surface area contributed by atoms with Gasteiger partial charge in [-0.1, -0.05) is 6.07 Å². The normalized spacial score (nSPS) is 19.1. The molecule has 2 rings (SSSR count). The number of hydrogen-bond donors (Lipinski definition) is 2. The lowest BCUT2D eigenvalue weighted by molar-refractivity contribution is 0.570. The molecule has 0 saturated carbocycles. The molecule has 3 N–H and O–H groups in total. The van der Waals surface area contributed by atoms with Gasteiger partial charge in [0, 0.05) is 23.7 Å². The van der Waals surface area contributed by atoms with E-state index in [9.17, 15) is 4.39 Å². The molecule has 0 spiro atoms. The fourth-order valence-electron chi connectivity index (χ4n) is 2.05. The van der Waals surface area contributed by atoms with Crippen LogP contribution in [-0.2, 0) is 0 Å². The van der Waals surface area contributed by atoms with Gasteiger partial charge in [0.05, 0.1) is 0 Å². The van der Waals surface area contributed by atoms with Gasteiger partial charge in [-0.2, -0.15) is 0 Å². The van der Waals surface area contributed by atoms with E-state index in [1.807, 2.05) is 6.07 Å². The van der Waals surface area contributed by atoms with Gasteiger partial charge in [0.2, 0.25) is 0 Å². The molecule has 2 nitrogen and oxygen atoms in total. The first kappa shape index (κ1) is 9.46. The van der Waals surface area contributed by atoms with Gasteiger partial charge in [-0.3, -0.25) is 0 Å². The maximum atomic E-state index is 13.5. The van der Waals surface area contributed by atoms with E-state index in [4.69, 9.17) is 5.73 Å². The first-order valence-corrected chi connectivity index (χ1v) is 5.05. The first-order chi connectivity index (χ1) is 6.83. The second kappa shape index (κ2) is 3.96. The summed E-state index contributed by atoms with van der Waals surface area (Å²) in [6.07, 6.45) is 1.93. The number of rotatable bonds is 3. The van der Waals surface area contributed by atoms with E-state index in [1.165, 1.54) is 6.07 Å². The summed E-state index contributed by atoms with van der Waals surface area (Å²) in [6.45, 7) is 1.52. The Bertz CT molecular complexity index is 325. The van der Waals surface area contributed by atoms with E-state index < -0.39 is 0 Å². The lowest BCUT2D eigenvalue weighted by atomic mass is 9.96. The predicted octanol–water partition coefficient (Wildman–Crippen LogP) is 2.07. The van der Waals surface area contributed by atoms with Crippen LogP contribution in [-0.4, -0.2) is 13.1 Å². The largest absolute Gasteiger partial charge is 0.384 e. The van der Waals surface area contributed by atoms with Gasteiger partial charge < -0.3 is 11.1 Å². The molecule has 0 fully saturated rings. The molecule has 1 aromatic rings. The number of fused-ring (bicyclic) bond motifs is 1. The van der Waals surface area contributed by atoms with Crippen molar-refractivity contribution < 1.29 is 4.39 Å². The Balaban J connectivity index is 2.20. The van der Waals surface area contributed by atoms with Crippen molar-refractivity contribution in [3.05, 3.63) is 29.6 Å². The maximum Gasteiger partial charge on any atom is 0.128 e. The van der Waals surface area contributed by atoms with Crippen molar-refractivity contribution in [2.24, 2.45) is 5.73 Å². The Labute approximate surface area is 83.3 Å². The van der Waals surface area contributed by atoms with Crippen LogP contribution in [0, 0.1) is 5.82 Å². The Morgan fingerprint density at radius 1 is 1.50 bits per heavy atom. The Morgan fingerprint density at radius 3 is 3.14 bits per heavy atom. The number of nitrogens with one attached hydrogen (secondary N) is 1. The summed E-state index contributed by atoms with van der Waals surface area (Å²) in [7, 11) is 0. The van der Waals surface area contributed by atoms with Crippen LogP contribution in [0.2, 0.25) is 0 Å². The van der Waals surface area contributed by atoms with Gasteiger partial charge in [0.15, 0.2) is 0 Å². The molecule has 14 heavy (non-hydrogen) atoms. The van der Waals surface area contributed by atoms with Crippen molar-refractivity contribution in [2.75, 3.05) is 18.4 Å². The third-order valence-corrected chi connectivity index (χ3v) is 2.76. The highest BCUT2D eigenvalue weighted by Crippen LogP contribution is 2.35. The molecular formula is C11H15FN2. The van der Waals surface area contributed by atoms with Crippen LogP contribution in [0.5, 0.6) is 0 Å². The average molecular weight is 194 g/mol. The lowest BCUT2D eigenvalue weighted by Gasteiger charge is -2.09. The van der Waals surface area contributed by atoms with Crippen molar-refractivity contribution in [2.45, 2.75) is 18.8 Å². The predicted molar refractivity (Wildman–Crippen MR) is 55.9 cm³/mol. The van der Waals surface area contributed by atoms with E-state index in [-0.39, 0.29) is 5.82 Å². The molecule has 1 aliphatic heterocycles. The number of halogens is 1. The van der Waals surface area contributed by atoms with Crippen molar-refractivity contribution in [1.29, 1.82) is 0 Å². The molecule has 0 amide bonds. The molecule has 3 heteroatoms. The molecule has 1 heterocycles. The number of nitrogens with two attached hydrogens (primary N) is 1. The van der Waals surface area contributed by atoms with Crippen LogP contribution in [0.15, 0.2) is 18.2 Å². The fourth-order valence-corrected chi connectivity index (χ4v) is 2.05. The third kappa shape index (κ3) is 1.60. The molecule has 0 saturated heterocycles. The molecule has 1 aromatic carbocycles. The number of anilines is 1. The van der Waals surface area contributed by atoms with E-state index in [1.54, 1.807) is 6.07 Å². The van der Waals surface area contributed by atoms with Crippen molar-refractivity contribution in [3.8, 4) is 0 Å². The number of hydrogen-bond acceptors (Lipinski definition) is 2. The van der Waals surface area contributed by atoms with Crippen molar-refractivity contribution >= 4 is 5.69 Å². The Hall–Kier alpha value is -1.09. The molecule has 0 aromatic heterocycles. The van der Waals surface area contributed by atoms with Crippen molar-refractivity contribution in [3.63, 3.8) is 0 Å². The highest BCUT2D eigenvalue weighted by atomic mass is 19.1. The van der Waals surface area contributed by atoms with Gasteiger partial charge in [-0.25, -0.2) is 4.39 Å². The smallest absolute Gasteiger partial charge is 0.128 e. The average Bonchev–Trinajstić information content (AvgIpc) is 2.59. The Kier molecular flexibility index (Phi) is 2.68. The molecule has 0 aliphatic carbocycles. The van der Waals surface area contributed by atoms with Crippen LogP contribution in [0.4, 0.5) is 10.1 Å². The van der Waals surface area contributed by atoms with Crippen LogP contribution in [0.1, 0.15) is 24.3 Å². The van der Waals surface area contributed by atoms with Gasteiger partial charge in [-0.05, 0) is 31.5 Å². The summed E-state index contributed by atoms with van der Waals surface area (Å²) >= 11 is 0. The summed E-state index contributed by atoms with van der Waals surface area (Å²) in [6, 6.07) is 5.20. The Morgan fingerprint density at radius 2 is 2.36 bits per heavy atom. The molecule has 1 atom stereocenters. The molecule has 0 radical (unpaired) electrons. The lowest BCUT2D eigenvalue weighted by Crippen LogP contribution is -2.06. The SMILES string of the molecule is NCCCC1CNc2cccc(F)c21. The minimum absolute atomic E-state index is 0.0884. The maximum absolute atomic E-state index is 13.5. The molecular weight excluding hydrogens is 179 g/mol. The van der Waals surface area contributed by atoms with Gasteiger partial charge >= 0.3 is 0 Å². The quantitative estimate of drug-likeness (QED) is 0.773. The molecule has 76 valence electrons. The zero-order valence-corrected chi connectivity index (χ0v) is 8.09. The molecule has 0 bridgehead atoms. The second-order valence-electron chi connectivity index (χ2n) is 3.71. The van der Waals surface area contributed by atoms with Crippen LogP contribution >= 0.6 is 0 Å². The summed E-state index contributed by atoms with van der Waals surface area (Å²) < 4.78 is 13.5. The summed E-state index contributed by atoms with van der Waals surface area (Å²) in [5.74, 6) is 0.212. The highest BCUT2D eigenvalue weighted by Gasteiger charge is 2.24. The standard InChI is InChI=1S/C11H15FN2/c12-9-4-1-5-10-11(9)8(7-14-10)3-2-6-13/h1,4-5,8,14H,2-3,6-7,13H2. The fraction of sp³-hybridized carbons (Fsp3) is 0.455. The monoisotopic (exact) mass is 194 g/mol. The van der Waals surface area contributed by atoms with E-state index in [0.717, 1.165) is 30.6 Å².